The minimum absolute atomic E-state index is 0.00653. The third kappa shape index (κ3) is 3.99. The van der Waals surface area contributed by atoms with Crippen LogP contribution in [0.3, 0.4) is 0 Å². The Morgan fingerprint density at radius 3 is 3.00 bits per heavy atom. The number of nitrogens with zero attached hydrogens (tertiary/aromatic N) is 1. The third-order valence-corrected chi connectivity index (χ3v) is 6.36. The Hall–Kier alpha value is -1.98. The number of thioether (sulfide) groups is 1. The van der Waals surface area contributed by atoms with Crippen molar-refractivity contribution < 1.29 is 9.21 Å². The molecular weight excluding hydrogens is 380 g/mol. The van der Waals surface area contributed by atoms with Gasteiger partial charge in [-0.1, -0.05) is 11.6 Å². The van der Waals surface area contributed by atoms with E-state index in [-0.39, 0.29) is 11.2 Å². The molecule has 0 bridgehead atoms. The molecule has 0 radical (unpaired) electrons. The smallest absolute Gasteiger partial charge is 0.233 e. The molecule has 2 heterocycles. The molecule has 3 aromatic rings. The molecule has 4 nitrogen and oxygen atoms in total. The molecular formula is C21H21ClN2O2S. The Labute approximate surface area is 167 Å². The Balaban J connectivity index is 1.61. The first-order valence-electron chi connectivity index (χ1n) is 9.19. The number of fused-ring (bicyclic) bond motifs is 2. The molecule has 0 saturated carbocycles. The molecule has 6 heteroatoms. The molecule has 1 amide bonds. The lowest BCUT2D eigenvalue weighted by Gasteiger charge is -2.22. The number of carbonyl (C=O) groups excluding carboxylic acids is 1. The standard InChI is InChI=1S/C21H21ClN2O2S/c1-13(21(25)23-12-15-5-4-10-26-15)27-20-16-6-2-3-7-18(16)24-19-9-8-14(22)11-17(19)20/h4-5,8-11,13H,2-3,6-7,12H2,1H3,(H,23,25)/t13-/m1/s1. The van der Waals surface area contributed by atoms with Crippen molar-refractivity contribution in [3.8, 4) is 0 Å². The van der Waals surface area contributed by atoms with Gasteiger partial charge < -0.3 is 9.73 Å². The van der Waals surface area contributed by atoms with Crippen molar-refractivity contribution in [1.82, 2.24) is 10.3 Å². The zero-order valence-corrected chi connectivity index (χ0v) is 16.7. The number of aromatic nitrogens is 1. The lowest BCUT2D eigenvalue weighted by molar-refractivity contribution is -0.120. The summed E-state index contributed by atoms with van der Waals surface area (Å²) in [5.74, 6) is 0.743. The summed E-state index contributed by atoms with van der Waals surface area (Å²) in [4.78, 5) is 18.6. The van der Waals surface area contributed by atoms with Crippen molar-refractivity contribution >= 4 is 40.2 Å². The van der Waals surface area contributed by atoms with E-state index >= 15 is 0 Å². The maximum atomic E-state index is 12.6. The summed E-state index contributed by atoms with van der Waals surface area (Å²) in [5.41, 5.74) is 3.40. The van der Waals surface area contributed by atoms with E-state index in [0.717, 1.165) is 40.8 Å². The van der Waals surface area contributed by atoms with E-state index in [1.807, 2.05) is 37.3 Å². The van der Waals surface area contributed by atoms with Crippen LogP contribution in [0.2, 0.25) is 5.02 Å². The fourth-order valence-electron chi connectivity index (χ4n) is 3.45. The van der Waals surface area contributed by atoms with Gasteiger partial charge in [0.15, 0.2) is 0 Å². The second kappa shape index (κ2) is 7.95. The van der Waals surface area contributed by atoms with Gasteiger partial charge in [-0.3, -0.25) is 9.78 Å². The topological polar surface area (TPSA) is 55.1 Å². The maximum absolute atomic E-state index is 12.6. The number of pyridine rings is 1. The molecule has 1 aliphatic rings. The fraction of sp³-hybridized carbons (Fsp3) is 0.333. The number of benzene rings is 1. The van der Waals surface area contributed by atoms with Crippen LogP contribution >= 0.6 is 23.4 Å². The van der Waals surface area contributed by atoms with Crippen LogP contribution < -0.4 is 5.32 Å². The van der Waals surface area contributed by atoms with E-state index in [2.05, 4.69) is 5.32 Å². The van der Waals surface area contributed by atoms with Gasteiger partial charge in [0.25, 0.3) is 0 Å². The number of carbonyl (C=O) groups is 1. The molecule has 1 aliphatic carbocycles. The molecule has 1 aromatic carbocycles. The molecule has 0 unspecified atom stereocenters. The first-order valence-corrected chi connectivity index (χ1v) is 10.5. The number of nitrogens with one attached hydrogen (secondary N) is 1. The highest BCUT2D eigenvalue weighted by Gasteiger charge is 2.23. The Morgan fingerprint density at radius 1 is 1.33 bits per heavy atom. The predicted octanol–water partition coefficient (Wildman–Crippen LogP) is 5.16. The number of hydrogen-bond acceptors (Lipinski definition) is 4. The zero-order chi connectivity index (χ0) is 18.8. The number of amides is 1. The highest BCUT2D eigenvalue weighted by molar-refractivity contribution is 8.00. The van der Waals surface area contributed by atoms with Crippen molar-refractivity contribution in [2.75, 3.05) is 0 Å². The largest absolute Gasteiger partial charge is 0.467 e. The normalized spacial score (nSPS) is 14.7. The summed E-state index contributed by atoms with van der Waals surface area (Å²) in [6, 6.07) is 9.48. The van der Waals surface area contributed by atoms with E-state index < -0.39 is 0 Å². The first kappa shape index (κ1) is 18.4. The molecule has 4 rings (SSSR count). The van der Waals surface area contributed by atoms with E-state index in [0.29, 0.717) is 11.6 Å². The summed E-state index contributed by atoms with van der Waals surface area (Å²) in [6.07, 6.45) is 5.95. The van der Waals surface area contributed by atoms with Gasteiger partial charge in [-0.05, 0) is 68.5 Å². The average Bonchev–Trinajstić information content (AvgIpc) is 3.20. The summed E-state index contributed by atoms with van der Waals surface area (Å²) < 4.78 is 5.28. The molecule has 2 aromatic heterocycles. The van der Waals surface area contributed by atoms with Crippen molar-refractivity contribution in [2.45, 2.75) is 49.3 Å². The molecule has 0 fully saturated rings. The SMILES string of the molecule is C[C@@H](Sc1c2c(nc3ccc(Cl)cc13)CCCC2)C(=O)NCc1ccco1. The average molecular weight is 401 g/mol. The van der Waals surface area contributed by atoms with Crippen LogP contribution in [-0.4, -0.2) is 16.1 Å². The van der Waals surface area contributed by atoms with E-state index in [9.17, 15) is 4.79 Å². The van der Waals surface area contributed by atoms with Gasteiger partial charge in [-0.25, -0.2) is 0 Å². The van der Waals surface area contributed by atoms with Crippen LogP contribution in [0.25, 0.3) is 10.9 Å². The van der Waals surface area contributed by atoms with Gasteiger partial charge in [0.2, 0.25) is 5.91 Å². The zero-order valence-electron chi connectivity index (χ0n) is 15.1. The highest BCUT2D eigenvalue weighted by Crippen LogP contribution is 2.38. The minimum Gasteiger partial charge on any atom is -0.467 e. The number of furan rings is 1. The predicted molar refractivity (Wildman–Crippen MR) is 109 cm³/mol. The van der Waals surface area contributed by atoms with Crippen molar-refractivity contribution in [2.24, 2.45) is 0 Å². The Bertz CT molecular complexity index is 972. The van der Waals surface area contributed by atoms with Gasteiger partial charge in [-0.15, -0.1) is 11.8 Å². The number of rotatable bonds is 5. The first-order chi connectivity index (χ1) is 13.1. The summed E-state index contributed by atoms with van der Waals surface area (Å²) >= 11 is 7.85. The van der Waals surface area contributed by atoms with Crippen molar-refractivity contribution in [1.29, 1.82) is 0 Å². The quantitative estimate of drug-likeness (QED) is 0.601. The molecule has 1 N–H and O–H groups in total. The van der Waals surface area contributed by atoms with Crippen LogP contribution in [0.5, 0.6) is 0 Å². The van der Waals surface area contributed by atoms with Gasteiger partial charge >= 0.3 is 0 Å². The number of aryl methyl sites for hydroxylation is 1. The van der Waals surface area contributed by atoms with Crippen molar-refractivity contribution in [3.63, 3.8) is 0 Å². The fourth-order valence-corrected chi connectivity index (χ4v) is 4.82. The van der Waals surface area contributed by atoms with Crippen LogP contribution in [0, 0.1) is 0 Å². The van der Waals surface area contributed by atoms with Crippen molar-refractivity contribution in [3.05, 3.63) is 58.6 Å². The Morgan fingerprint density at radius 2 is 2.19 bits per heavy atom. The molecule has 1 atom stereocenters. The molecule has 27 heavy (non-hydrogen) atoms. The summed E-state index contributed by atoms with van der Waals surface area (Å²) in [6.45, 7) is 2.34. The number of hydrogen-bond donors (Lipinski definition) is 1. The molecule has 0 spiro atoms. The number of halogens is 1. The molecule has 140 valence electrons. The minimum atomic E-state index is -0.226. The monoisotopic (exact) mass is 400 g/mol. The molecule has 0 aliphatic heterocycles. The third-order valence-electron chi connectivity index (χ3n) is 4.85. The van der Waals surface area contributed by atoms with E-state index in [1.165, 1.54) is 17.7 Å². The van der Waals surface area contributed by atoms with Crippen LogP contribution in [0.15, 0.2) is 45.9 Å². The van der Waals surface area contributed by atoms with Crippen LogP contribution in [-0.2, 0) is 24.2 Å². The summed E-state index contributed by atoms with van der Waals surface area (Å²) in [7, 11) is 0. The van der Waals surface area contributed by atoms with Gasteiger partial charge in [0.1, 0.15) is 5.76 Å². The second-order valence-electron chi connectivity index (χ2n) is 6.79. The lowest BCUT2D eigenvalue weighted by atomic mass is 9.94. The highest BCUT2D eigenvalue weighted by atomic mass is 35.5. The van der Waals surface area contributed by atoms with E-state index in [4.69, 9.17) is 21.0 Å². The van der Waals surface area contributed by atoms with Gasteiger partial charge in [-0.2, -0.15) is 0 Å². The van der Waals surface area contributed by atoms with Crippen LogP contribution in [0.1, 0.15) is 36.8 Å². The summed E-state index contributed by atoms with van der Waals surface area (Å²) in [5, 5.41) is 4.46. The lowest BCUT2D eigenvalue weighted by Crippen LogP contribution is -2.30. The van der Waals surface area contributed by atoms with Gasteiger partial charge in [0.05, 0.1) is 23.6 Å². The second-order valence-corrected chi connectivity index (χ2v) is 8.58. The van der Waals surface area contributed by atoms with Gasteiger partial charge in [0, 0.05) is 21.0 Å². The van der Waals surface area contributed by atoms with E-state index in [1.54, 1.807) is 18.0 Å². The Kier molecular flexibility index (Phi) is 5.41. The maximum Gasteiger partial charge on any atom is 0.233 e. The molecule has 0 saturated heterocycles. The van der Waals surface area contributed by atoms with Crippen LogP contribution in [0.4, 0.5) is 0 Å².